The topological polar surface area (TPSA) is 92.4 Å². The number of ether oxygens (including phenoxy) is 1. The van der Waals surface area contributed by atoms with Crippen LogP contribution in [0, 0.1) is 5.41 Å². The van der Waals surface area contributed by atoms with Crippen molar-refractivity contribution in [3.8, 4) is 11.1 Å². The van der Waals surface area contributed by atoms with E-state index in [4.69, 9.17) is 26.2 Å². The number of halogens is 1. The Morgan fingerprint density at radius 2 is 1.76 bits per heavy atom. The van der Waals surface area contributed by atoms with Gasteiger partial charge in [-0.05, 0) is 29.0 Å². The van der Waals surface area contributed by atoms with E-state index < -0.39 is 11.9 Å². The number of nitrogens with one attached hydrogen (secondary N) is 2. The lowest BCUT2D eigenvalue weighted by Gasteiger charge is -2.09. The molecule has 2 N–H and O–H groups in total. The van der Waals surface area contributed by atoms with Crippen molar-refractivity contribution in [2.24, 2.45) is 0 Å². The molecule has 3 aromatic carbocycles. The van der Waals surface area contributed by atoms with E-state index in [9.17, 15) is 9.59 Å². The number of rotatable bonds is 4. The van der Waals surface area contributed by atoms with Gasteiger partial charge in [0.1, 0.15) is 21.7 Å². The fourth-order valence-electron chi connectivity index (χ4n) is 3.86. The zero-order chi connectivity index (χ0) is 23.8. The summed E-state index contributed by atoms with van der Waals surface area (Å²) < 4.78 is 10.6. The summed E-state index contributed by atoms with van der Waals surface area (Å²) in [4.78, 5) is 25.9. The summed E-state index contributed by atoms with van der Waals surface area (Å²) in [6.45, 7) is 0. The van der Waals surface area contributed by atoms with Crippen LogP contribution in [0.5, 0.6) is 0 Å². The van der Waals surface area contributed by atoms with Gasteiger partial charge in [-0.15, -0.1) is 11.3 Å². The van der Waals surface area contributed by atoms with Gasteiger partial charge in [-0.3, -0.25) is 10.2 Å². The van der Waals surface area contributed by atoms with Crippen molar-refractivity contribution in [1.82, 2.24) is 0 Å². The van der Waals surface area contributed by atoms with E-state index in [0.717, 1.165) is 16.2 Å². The van der Waals surface area contributed by atoms with Gasteiger partial charge in [0.25, 0.3) is 5.91 Å². The molecular formula is C26H17ClN2O4S. The van der Waals surface area contributed by atoms with Gasteiger partial charge in [0, 0.05) is 26.9 Å². The average molecular weight is 489 g/mol. The van der Waals surface area contributed by atoms with Gasteiger partial charge in [0.15, 0.2) is 0 Å². The van der Waals surface area contributed by atoms with Crippen LogP contribution in [0.15, 0.2) is 76.5 Å². The minimum absolute atomic E-state index is 0.0485. The van der Waals surface area contributed by atoms with E-state index in [1.165, 1.54) is 18.4 Å². The van der Waals surface area contributed by atoms with Gasteiger partial charge in [-0.1, -0.05) is 60.1 Å². The summed E-state index contributed by atoms with van der Waals surface area (Å²) in [6.07, 6.45) is 0. The Bertz CT molecular complexity index is 1650. The molecule has 168 valence electrons. The summed E-state index contributed by atoms with van der Waals surface area (Å²) >= 11 is 7.52. The maximum absolute atomic E-state index is 13.2. The molecule has 1 amide bonds. The van der Waals surface area contributed by atoms with Crippen LogP contribution in [-0.4, -0.2) is 19.0 Å². The van der Waals surface area contributed by atoms with Crippen molar-refractivity contribution >= 4 is 61.6 Å². The van der Waals surface area contributed by atoms with Crippen LogP contribution in [0.3, 0.4) is 0 Å². The van der Waals surface area contributed by atoms with Crippen molar-refractivity contribution in [3.63, 3.8) is 0 Å². The highest BCUT2D eigenvalue weighted by Gasteiger charge is 2.24. The Morgan fingerprint density at radius 1 is 1.00 bits per heavy atom. The van der Waals surface area contributed by atoms with Crippen LogP contribution in [0.2, 0.25) is 5.02 Å². The summed E-state index contributed by atoms with van der Waals surface area (Å²) in [6, 6.07) is 20.2. The lowest BCUT2D eigenvalue weighted by molar-refractivity contribution is 0.0603. The number of fused-ring (bicyclic) bond motifs is 3. The molecule has 0 aliphatic rings. The van der Waals surface area contributed by atoms with Crippen molar-refractivity contribution < 1.29 is 18.7 Å². The highest BCUT2D eigenvalue weighted by Crippen LogP contribution is 2.39. The summed E-state index contributed by atoms with van der Waals surface area (Å²) in [5, 5.41) is 16.1. The summed E-state index contributed by atoms with van der Waals surface area (Å²) in [5.41, 5.74) is 1.68. The number of hydrogen-bond acceptors (Lipinski definition) is 6. The molecule has 0 atom stereocenters. The molecule has 0 unspecified atom stereocenters. The molecule has 0 aliphatic heterocycles. The smallest absolute Gasteiger partial charge is 0.341 e. The summed E-state index contributed by atoms with van der Waals surface area (Å²) in [7, 11) is 1.28. The minimum Gasteiger partial charge on any atom is -0.465 e. The molecule has 5 rings (SSSR count). The molecule has 0 saturated carbocycles. The monoisotopic (exact) mass is 488 g/mol. The molecule has 0 bridgehead atoms. The molecule has 6 nitrogen and oxygen atoms in total. The number of methoxy groups -OCH3 is 1. The molecule has 0 aliphatic carbocycles. The van der Waals surface area contributed by atoms with Gasteiger partial charge in [-0.2, -0.15) is 0 Å². The van der Waals surface area contributed by atoms with Crippen LogP contribution in [-0.2, 0) is 4.74 Å². The van der Waals surface area contributed by atoms with Gasteiger partial charge < -0.3 is 14.5 Å². The quantitative estimate of drug-likeness (QED) is 0.223. The normalized spacial score (nSPS) is 11.0. The Labute approximate surface area is 202 Å². The Morgan fingerprint density at radius 3 is 2.56 bits per heavy atom. The molecule has 34 heavy (non-hydrogen) atoms. The second-order valence-corrected chi connectivity index (χ2v) is 8.75. The second-order valence-electron chi connectivity index (χ2n) is 7.47. The Hall–Kier alpha value is -3.94. The van der Waals surface area contributed by atoms with Gasteiger partial charge in [-0.25, -0.2) is 4.79 Å². The predicted octanol–water partition coefficient (Wildman–Crippen LogP) is 6.49. The highest BCUT2D eigenvalue weighted by molar-refractivity contribution is 7.15. The minimum atomic E-state index is -0.605. The first-order chi connectivity index (χ1) is 16.5. The molecule has 2 aromatic heterocycles. The molecule has 8 heteroatoms. The molecule has 2 heterocycles. The van der Waals surface area contributed by atoms with Crippen molar-refractivity contribution in [2.75, 3.05) is 12.4 Å². The average Bonchev–Trinajstić information content (AvgIpc) is 3.26. The van der Waals surface area contributed by atoms with Crippen LogP contribution in [0.1, 0.15) is 20.7 Å². The van der Waals surface area contributed by atoms with E-state index in [1.54, 1.807) is 35.7 Å². The van der Waals surface area contributed by atoms with E-state index in [0.29, 0.717) is 26.7 Å². The zero-order valence-electron chi connectivity index (χ0n) is 17.8. The van der Waals surface area contributed by atoms with Crippen molar-refractivity contribution in [2.45, 2.75) is 0 Å². The number of amides is 1. The number of carbonyl (C=O) groups excluding carboxylic acids is 2. The third kappa shape index (κ3) is 3.75. The Kier molecular flexibility index (Phi) is 5.65. The number of hydrogen-bond donors (Lipinski definition) is 2. The molecule has 0 radical (unpaired) electrons. The summed E-state index contributed by atoms with van der Waals surface area (Å²) in [5.74, 6) is -1.17. The molecule has 0 spiro atoms. The van der Waals surface area contributed by atoms with E-state index in [1.807, 2.05) is 36.4 Å². The standard InChI is InChI=1S/C26H17ClN2O4S/c1-32-26(31)22-19(16-8-4-5-9-20(16)27)13-34-25(22)29-24(30)18-12-17-15-7-3-2-6-14(15)10-11-21(17)33-23(18)28/h2-13,28H,1H3,(H,29,30). The SMILES string of the molecule is COC(=O)c1c(-c2ccccc2Cl)csc1NC(=O)c1cc2c(ccc3ccccc32)oc1=N. The van der Waals surface area contributed by atoms with E-state index in [2.05, 4.69) is 5.32 Å². The van der Waals surface area contributed by atoms with Crippen molar-refractivity contribution in [1.29, 1.82) is 5.41 Å². The first-order valence-electron chi connectivity index (χ1n) is 10.2. The highest BCUT2D eigenvalue weighted by atomic mass is 35.5. The molecule has 0 saturated heterocycles. The van der Waals surface area contributed by atoms with Gasteiger partial charge >= 0.3 is 5.97 Å². The third-order valence-corrected chi connectivity index (χ3v) is 6.72. The molecule has 0 fully saturated rings. The maximum Gasteiger partial charge on any atom is 0.341 e. The number of carbonyl (C=O) groups is 2. The first-order valence-corrected chi connectivity index (χ1v) is 11.5. The number of thiophene rings is 1. The van der Waals surface area contributed by atoms with Crippen LogP contribution < -0.4 is 10.9 Å². The fourth-order valence-corrected chi connectivity index (χ4v) is 5.04. The number of esters is 1. The second kappa shape index (κ2) is 8.78. The number of anilines is 1. The maximum atomic E-state index is 13.2. The lowest BCUT2D eigenvalue weighted by Crippen LogP contribution is -2.21. The Balaban J connectivity index is 1.59. The van der Waals surface area contributed by atoms with Crippen LogP contribution in [0.25, 0.3) is 32.9 Å². The lowest BCUT2D eigenvalue weighted by atomic mass is 10.0. The number of benzene rings is 3. The predicted molar refractivity (Wildman–Crippen MR) is 134 cm³/mol. The van der Waals surface area contributed by atoms with E-state index >= 15 is 0 Å². The van der Waals surface area contributed by atoms with Crippen LogP contribution >= 0.6 is 22.9 Å². The first kappa shape index (κ1) is 21.9. The van der Waals surface area contributed by atoms with Crippen molar-refractivity contribution in [3.05, 3.63) is 93.8 Å². The van der Waals surface area contributed by atoms with Gasteiger partial charge in [0.05, 0.1) is 7.11 Å². The van der Waals surface area contributed by atoms with Gasteiger partial charge in [0.2, 0.25) is 5.55 Å². The zero-order valence-corrected chi connectivity index (χ0v) is 19.4. The largest absolute Gasteiger partial charge is 0.465 e. The van der Waals surface area contributed by atoms with E-state index in [-0.39, 0.29) is 16.7 Å². The van der Waals surface area contributed by atoms with Crippen LogP contribution in [0.4, 0.5) is 5.00 Å². The molecule has 5 aromatic rings. The molecular weight excluding hydrogens is 472 g/mol. The third-order valence-electron chi connectivity index (χ3n) is 5.49. The fraction of sp³-hybridized carbons (Fsp3) is 0.0385.